The molecule has 0 aromatic carbocycles. The lowest BCUT2D eigenvalue weighted by Gasteiger charge is -2.28. The summed E-state index contributed by atoms with van der Waals surface area (Å²) in [6.45, 7) is 6.02. The second kappa shape index (κ2) is 8.25. The predicted octanol–water partition coefficient (Wildman–Crippen LogP) is 4.49. The zero-order chi connectivity index (χ0) is 15.1. The molecule has 1 atom stereocenters. The molecule has 0 bridgehead atoms. The van der Waals surface area contributed by atoms with Crippen LogP contribution in [0.15, 0.2) is 23.5 Å². The second-order valence-corrected chi connectivity index (χ2v) is 4.30. The number of hydrogen-bond acceptors (Lipinski definition) is 2. The van der Waals surface area contributed by atoms with Gasteiger partial charge in [0.2, 0.25) is 0 Å². The molecule has 0 saturated heterocycles. The summed E-state index contributed by atoms with van der Waals surface area (Å²) in [6.07, 6.45) is 0.663. The minimum atomic E-state index is -4.61. The standard InChI is InChI=1S/C12H18F3NO.C2H6/c1-4-11(16(2)3)9-6-5-7-10(8-9)17-12(13,14)15;1-2/h7-8,11H,4-6H2,1-3H3;1-2H3. The van der Waals surface area contributed by atoms with Crippen LogP contribution in [-0.2, 0) is 4.74 Å². The van der Waals surface area contributed by atoms with Crippen LogP contribution in [0.5, 0.6) is 0 Å². The smallest absolute Gasteiger partial charge is 0.406 e. The Kier molecular flexibility index (Phi) is 7.83. The maximum absolute atomic E-state index is 12.1. The van der Waals surface area contributed by atoms with Crippen LogP contribution in [-0.4, -0.2) is 31.4 Å². The Morgan fingerprint density at radius 2 is 1.89 bits per heavy atom. The SMILES string of the molecule is CC.CCC(C1=CC(OC(F)(F)F)=CCC1)N(C)C. The monoisotopic (exact) mass is 279 g/mol. The number of hydrogen-bond donors (Lipinski definition) is 0. The molecule has 19 heavy (non-hydrogen) atoms. The molecule has 5 heteroatoms. The van der Waals surface area contributed by atoms with Gasteiger partial charge < -0.3 is 9.64 Å². The van der Waals surface area contributed by atoms with E-state index in [1.807, 2.05) is 39.8 Å². The fourth-order valence-electron chi connectivity index (χ4n) is 2.12. The van der Waals surface area contributed by atoms with E-state index in [1.54, 1.807) is 0 Å². The van der Waals surface area contributed by atoms with Crippen molar-refractivity contribution in [1.82, 2.24) is 4.90 Å². The molecule has 1 aliphatic rings. The van der Waals surface area contributed by atoms with Crippen molar-refractivity contribution in [3.63, 3.8) is 0 Å². The van der Waals surface area contributed by atoms with Crippen molar-refractivity contribution < 1.29 is 17.9 Å². The summed E-state index contributed by atoms with van der Waals surface area (Å²) in [7, 11) is 3.86. The van der Waals surface area contributed by atoms with Gasteiger partial charge in [-0.05, 0) is 51.1 Å². The fourth-order valence-corrected chi connectivity index (χ4v) is 2.12. The number of allylic oxidation sites excluding steroid dienone is 2. The molecule has 0 fully saturated rings. The number of alkyl halides is 3. The van der Waals surface area contributed by atoms with Crippen LogP contribution in [0.3, 0.4) is 0 Å². The maximum atomic E-state index is 12.1. The van der Waals surface area contributed by atoms with Gasteiger partial charge in [0.25, 0.3) is 0 Å². The van der Waals surface area contributed by atoms with E-state index >= 15 is 0 Å². The summed E-state index contributed by atoms with van der Waals surface area (Å²) in [4.78, 5) is 2.02. The molecule has 0 aromatic rings. The second-order valence-electron chi connectivity index (χ2n) is 4.30. The van der Waals surface area contributed by atoms with Crippen LogP contribution in [0, 0.1) is 0 Å². The molecule has 0 N–H and O–H groups in total. The lowest BCUT2D eigenvalue weighted by molar-refractivity contribution is -0.303. The minimum Gasteiger partial charge on any atom is -0.406 e. The van der Waals surface area contributed by atoms with Crippen molar-refractivity contribution in [3.05, 3.63) is 23.5 Å². The van der Waals surface area contributed by atoms with Gasteiger partial charge in [-0.1, -0.05) is 20.8 Å². The first-order valence-corrected chi connectivity index (χ1v) is 6.66. The van der Waals surface area contributed by atoms with Crippen molar-refractivity contribution in [2.75, 3.05) is 14.1 Å². The number of rotatable bonds is 4. The van der Waals surface area contributed by atoms with E-state index < -0.39 is 6.36 Å². The third-order valence-electron chi connectivity index (χ3n) is 2.78. The van der Waals surface area contributed by atoms with Crippen molar-refractivity contribution in [2.24, 2.45) is 0 Å². The van der Waals surface area contributed by atoms with Gasteiger partial charge in [0.15, 0.2) is 0 Å². The number of ether oxygens (including phenoxy) is 1. The van der Waals surface area contributed by atoms with Crippen LogP contribution in [0.1, 0.15) is 40.0 Å². The van der Waals surface area contributed by atoms with Crippen LogP contribution < -0.4 is 0 Å². The molecule has 112 valence electrons. The Bertz CT molecular complexity index is 319. The first-order valence-electron chi connectivity index (χ1n) is 6.66. The predicted molar refractivity (Wildman–Crippen MR) is 71.7 cm³/mol. The van der Waals surface area contributed by atoms with E-state index in [0.29, 0.717) is 6.42 Å². The molecule has 0 aliphatic heterocycles. The first-order chi connectivity index (χ1) is 8.83. The number of likely N-dealkylation sites (N-methyl/N-ethyl adjacent to an activating group) is 1. The molecule has 0 heterocycles. The van der Waals surface area contributed by atoms with Crippen LogP contribution in [0.2, 0.25) is 0 Å². The first kappa shape index (κ1) is 18.0. The zero-order valence-electron chi connectivity index (χ0n) is 12.3. The van der Waals surface area contributed by atoms with Crippen molar-refractivity contribution in [2.45, 2.75) is 52.4 Å². The summed E-state index contributed by atoms with van der Waals surface area (Å²) >= 11 is 0. The lowest BCUT2D eigenvalue weighted by Crippen LogP contribution is -2.30. The molecule has 0 aromatic heterocycles. The zero-order valence-corrected chi connectivity index (χ0v) is 12.3. The van der Waals surface area contributed by atoms with Crippen LogP contribution in [0.4, 0.5) is 13.2 Å². The summed E-state index contributed by atoms with van der Waals surface area (Å²) in [5.74, 6) is -0.0842. The van der Waals surface area contributed by atoms with E-state index in [2.05, 4.69) is 4.74 Å². The van der Waals surface area contributed by atoms with Crippen molar-refractivity contribution in [3.8, 4) is 0 Å². The van der Waals surface area contributed by atoms with Gasteiger partial charge in [-0.15, -0.1) is 13.2 Å². The average Bonchev–Trinajstić information content (AvgIpc) is 2.30. The highest BCUT2D eigenvalue weighted by molar-refractivity contribution is 5.27. The van der Waals surface area contributed by atoms with Gasteiger partial charge >= 0.3 is 6.36 Å². The highest BCUT2D eigenvalue weighted by Crippen LogP contribution is 2.28. The molecule has 2 nitrogen and oxygen atoms in total. The van der Waals surface area contributed by atoms with E-state index in [-0.39, 0.29) is 11.8 Å². The third kappa shape index (κ3) is 6.66. The van der Waals surface area contributed by atoms with Gasteiger partial charge in [-0.2, -0.15) is 0 Å². The van der Waals surface area contributed by atoms with Gasteiger partial charge in [0.05, 0.1) is 0 Å². The molecular formula is C14H24F3NO. The largest absolute Gasteiger partial charge is 0.573 e. The topological polar surface area (TPSA) is 12.5 Å². The molecular weight excluding hydrogens is 255 g/mol. The van der Waals surface area contributed by atoms with E-state index in [1.165, 1.54) is 12.2 Å². The third-order valence-corrected chi connectivity index (χ3v) is 2.78. The van der Waals surface area contributed by atoms with Gasteiger partial charge in [-0.25, -0.2) is 0 Å². The molecule has 1 rings (SSSR count). The summed E-state index contributed by atoms with van der Waals surface area (Å²) in [6, 6.07) is 0.176. The fraction of sp³-hybridized carbons (Fsp3) is 0.714. The van der Waals surface area contributed by atoms with E-state index in [4.69, 9.17) is 0 Å². The Labute approximate surface area is 113 Å². The minimum absolute atomic E-state index is 0.0842. The summed E-state index contributed by atoms with van der Waals surface area (Å²) in [5, 5.41) is 0. The van der Waals surface area contributed by atoms with Crippen LogP contribution >= 0.6 is 0 Å². The number of nitrogens with zero attached hydrogens (tertiary/aromatic N) is 1. The van der Waals surface area contributed by atoms with Crippen molar-refractivity contribution >= 4 is 0 Å². The van der Waals surface area contributed by atoms with Gasteiger partial charge in [0.1, 0.15) is 5.76 Å². The maximum Gasteiger partial charge on any atom is 0.573 e. The van der Waals surface area contributed by atoms with Gasteiger partial charge in [-0.3, -0.25) is 0 Å². The molecule has 0 amide bonds. The lowest BCUT2D eigenvalue weighted by atomic mass is 9.94. The molecule has 0 spiro atoms. The Balaban J connectivity index is 0.00000154. The molecule has 0 saturated carbocycles. The quantitative estimate of drug-likeness (QED) is 0.751. The van der Waals surface area contributed by atoms with Crippen LogP contribution in [0.25, 0.3) is 0 Å². The van der Waals surface area contributed by atoms with Crippen molar-refractivity contribution in [1.29, 1.82) is 0 Å². The summed E-state index contributed by atoms with van der Waals surface area (Å²) in [5.41, 5.74) is 0.999. The van der Waals surface area contributed by atoms with Gasteiger partial charge in [0, 0.05) is 6.04 Å². The Morgan fingerprint density at radius 1 is 1.32 bits per heavy atom. The van der Waals surface area contributed by atoms with E-state index in [9.17, 15) is 13.2 Å². The van der Waals surface area contributed by atoms with E-state index in [0.717, 1.165) is 18.4 Å². The highest BCUT2D eigenvalue weighted by Gasteiger charge is 2.32. The summed E-state index contributed by atoms with van der Waals surface area (Å²) < 4.78 is 40.3. The normalized spacial score (nSPS) is 17.1. The number of halogens is 3. The molecule has 1 aliphatic carbocycles. The Morgan fingerprint density at radius 3 is 2.32 bits per heavy atom. The highest BCUT2D eigenvalue weighted by atomic mass is 19.4. The molecule has 0 radical (unpaired) electrons. The molecule has 1 unspecified atom stereocenters. The Hall–Kier alpha value is -0.970. The average molecular weight is 279 g/mol.